The van der Waals surface area contributed by atoms with E-state index < -0.39 is 0 Å². The fraction of sp³-hybridized carbons (Fsp3) is 0.294. The van der Waals surface area contributed by atoms with Gasteiger partial charge in [0.05, 0.1) is 29.4 Å². The molecular weight excluding hydrogens is 362 g/mol. The first-order chi connectivity index (χ1) is 12.2. The predicted octanol–water partition coefficient (Wildman–Crippen LogP) is 3.26. The second-order valence-electron chi connectivity index (χ2n) is 5.80. The molecule has 0 aliphatic carbocycles. The minimum Gasteiger partial charge on any atom is -0.486 e. The van der Waals surface area contributed by atoms with Gasteiger partial charge in [0.15, 0.2) is 0 Å². The highest BCUT2D eigenvalue weighted by atomic mass is 35.5. The Hall–Kier alpha value is -2.09. The number of H-pyrrole nitrogens is 1. The molecule has 1 unspecified atom stereocenters. The molecule has 8 heteroatoms. The van der Waals surface area contributed by atoms with Crippen LogP contribution in [0.4, 0.5) is 0 Å². The molecule has 1 fully saturated rings. The van der Waals surface area contributed by atoms with Gasteiger partial charge in [0.2, 0.25) is 5.91 Å². The van der Waals surface area contributed by atoms with Crippen LogP contribution in [0.15, 0.2) is 29.1 Å². The Morgan fingerprint density at radius 3 is 3.08 bits per heavy atom. The van der Waals surface area contributed by atoms with Gasteiger partial charge >= 0.3 is 0 Å². The van der Waals surface area contributed by atoms with Crippen molar-refractivity contribution in [2.75, 3.05) is 6.61 Å². The van der Waals surface area contributed by atoms with Crippen LogP contribution < -0.4 is 10.1 Å². The molecule has 25 heavy (non-hydrogen) atoms. The van der Waals surface area contributed by atoms with Crippen molar-refractivity contribution in [3.63, 3.8) is 0 Å². The lowest BCUT2D eigenvalue weighted by Gasteiger charge is -2.24. The number of carbonyl (C=O) groups is 1. The molecule has 0 saturated carbocycles. The number of ether oxygens (including phenoxy) is 2. The number of nitrogens with zero attached hydrogens (tertiary/aromatic N) is 1. The van der Waals surface area contributed by atoms with Crippen LogP contribution >= 0.6 is 22.9 Å². The molecule has 1 atom stereocenters. The molecule has 0 radical (unpaired) electrons. The van der Waals surface area contributed by atoms with Crippen LogP contribution in [-0.2, 0) is 22.7 Å². The Kier molecular flexibility index (Phi) is 4.61. The topological polar surface area (TPSA) is 76.2 Å². The van der Waals surface area contributed by atoms with E-state index in [0.29, 0.717) is 30.5 Å². The molecule has 1 saturated heterocycles. The van der Waals surface area contributed by atoms with Gasteiger partial charge in [-0.2, -0.15) is 0 Å². The molecule has 2 aromatic heterocycles. The third-order valence-electron chi connectivity index (χ3n) is 4.03. The maximum absolute atomic E-state index is 11.8. The molecule has 3 heterocycles. The lowest BCUT2D eigenvalue weighted by atomic mass is 10.2. The average molecular weight is 378 g/mol. The van der Waals surface area contributed by atoms with Gasteiger partial charge in [0.25, 0.3) is 0 Å². The van der Waals surface area contributed by atoms with Crippen LogP contribution in [0.25, 0.3) is 10.9 Å². The minimum atomic E-state index is -0.301. The van der Waals surface area contributed by atoms with E-state index in [1.165, 1.54) is 11.3 Å². The third-order valence-corrected chi connectivity index (χ3v) is 4.96. The van der Waals surface area contributed by atoms with Gasteiger partial charge in [0.1, 0.15) is 18.5 Å². The van der Waals surface area contributed by atoms with Crippen LogP contribution in [-0.4, -0.2) is 28.6 Å². The second-order valence-corrected chi connectivity index (χ2v) is 6.92. The number of benzene rings is 1. The second kappa shape index (κ2) is 7.03. The molecule has 1 aliphatic heterocycles. The highest BCUT2D eigenvalue weighted by Gasteiger charge is 2.25. The third kappa shape index (κ3) is 3.63. The van der Waals surface area contributed by atoms with E-state index in [0.717, 1.165) is 28.7 Å². The van der Waals surface area contributed by atoms with E-state index in [9.17, 15) is 4.79 Å². The maximum atomic E-state index is 11.8. The minimum absolute atomic E-state index is 0.0739. The van der Waals surface area contributed by atoms with Crippen molar-refractivity contribution in [1.29, 1.82) is 0 Å². The largest absolute Gasteiger partial charge is 0.486 e. The average Bonchev–Trinajstić information content (AvgIpc) is 3.17. The smallest absolute Gasteiger partial charge is 0.249 e. The van der Waals surface area contributed by atoms with Gasteiger partial charge in [-0.25, -0.2) is 4.98 Å². The highest BCUT2D eigenvalue weighted by molar-refractivity contribution is 7.07. The number of aromatic nitrogens is 2. The number of rotatable bonds is 6. The van der Waals surface area contributed by atoms with Crippen molar-refractivity contribution in [2.24, 2.45) is 0 Å². The lowest BCUT2D eigenvalue weighted by molar-refractivity contribution is -0.145. The van der Waals surface area contributed by atoms with E-state index in [4.69, 9.17) is 21.1 Å². The van der Waals surface area contributed by atoms with Crippen molar-refractivity contribution < 1.29 is 14.3 Å². The van der Waals surface area contributed by atoms with Gasteiger partial charge in [-0.05, 0) is 12.1 Å². The molecule has 0 spiro atoms. The fourth-order valence-corrected chi connectivity index (χ4v) is 3.37. The first-order valence-corrected chi connectivity index (χ1v) is 9.21. The number of amides is 1. The van der Waals surface area contributed by atoms with Crippen molar-refractivity contribution in [3.8, 4) is 5.75 Å². The zero-order valence-corrected chi connectivity index (χ0v) is 14.8. The van der Waals surface area contributed by atoms with E-state index in [1.54, 1.807) is 5.51 Å². The number of nitrogens with one attached hydrogen (secondary N) is 2. The van der Waals surface area contributed by atoms with Crippen molar-refractivity contribution >= 4 is 39.7 Å². The maximum Gasteiger partial charge on any atom is 0.249 e. The normalized spacial score (nSPS) is 16.6. The van der Waals surface area contributed by atoms with Gasteiger partial charge in [0, 0.05) is 34.5 Å². The Morgan fingerprint density at radius 2 is 2.36 bits per heavy atom. The number of hydrogen-bond donors (Lipinski definition) is 2. The van der Waals surface area contributed by atoms with Crippen LogP contribution in [0.3, 0.4) is 0 Å². The van der Waals surface area contributed by atoms with Gasteiger partial charge < -0.3 is 19.8 Å². The number of carbonyl (C=O) groups excluding carboxylic acids is 1. The van der Waals surface area contributed by atoms with E-state index in [-0.39, 0.29) is 12.0 Å². The highest BCUT2D eigenvalue weighted by Crippen LogP contribution is 2.31. The summed E-state index contributed by atoms with van der Waals surface area (Å²) in [6.07, 6.45) is 0.484. The standard InChI is InChI=1S/C17H16ClN3O3S/c18-13-4-10-3-11(6-19-17(22)15-1-2-23-15)21-14(10)5-16(13)24-7-12-8-25-9-20-12/h3-5,8-9,15,21H,1-2,6-7H2,(H,19,22). The first kappa shape index (κ1) is 16.4. The number of hydrogen-bond acceptors (Lipinski definition) is 5. The Morgan fingerprint density at radius 1 is 1.48 bits per heavy atom. The van der Waals surface area contributed by atoms with Crippen LogP contribution in [0.1, 0.15) is 17.8 Å². The first-order valence-electron chi connectivity index (χ1n) is 7.89. The van der Waals surface area contributed by atoms with E-state index >= 15 is 0 Å². The Balaban J connectivity index is 1.45. The van der Waals surface area contributed by atoms with Gasteiger partial charge in [-0.15, -0.1) is 11.3 Å². The van der Waals surface area contributed by atoms with Crippen LogP contribution in [0.2, 0.25) is 5.02 Å². The number of halogens is 1. The Bertz CT molecular complexity index is 890. The van der Waals surface area contributed by atoms with Gasteiger partial charge in [-0.1, -0.05) is 11.6 Å². The lowest BCUT2D eigenvalue weighted by Crippen LogP contribution is -2.42. The number of fused-ring (bicyclic) bond motifs is 1. The zero-order valence-electron chi connectivity index (χ0n) is 13.3. The SMILES string of the molecule is O=C(NCc1cc2cc(Cl)c(OCc3cscn3)cc2[nH]1)C1CCO1. The molecule has 2 N–H and O–H groups in total. The molecule has 1 amide bonds. The summed E-state index contributed by atoms with van der Waals surface area (Å²) >= 11 is 7.83. The summed E-state index contributed by atoms with van der Waals surface area (Å²) in [5.41, 5.74) is 4.44. The summed E-state index contributed by atoms with van der Waals surface area (Å²) in [7, 11) is 0. The quantitative estimate of drug-likeness (QED) is 0.691. The summed E-state index contributed by atoms with van der Waals surface area (Å²) in [6.45, 7) is 1.45. The van der Waals surface area contributed by atoms with Crippen LogP contribution in [0.5, 0.6) is 5.75 Å². The molecule has 4 rings (SSSR count). The molecule has 6 nitrogen and oxygen atoms in total. The van der Waals surface area contributed by atoms with Crippen molar-refractivity contribution in [2.45, 2.75) is 25.7 Å². The summed E-state index contributed by atoms with van der Waals surface area (Å²) in [4.78, 5) is 19.3. The van der Waals surface area contributed by atoms with Crippen molar-refractivity contribution in [1.82, 2.24) is 15.3 Å². The summed E-state index contributed by atoms with van der Waals surface area (Å²) < 4.78 is 10.9. The molecule has 0 bridgehead atoms. The molecule has 130 valence electrons. The van der Waals surface area contributed by atoms with E-state index in [1.807, 2.05) is 23.6 Å². The molecule has 3 aromatic rings. The Labute approximate surface area is 153 Å². The summed E-state index contributed by atoms with van der Waals surface area (Å²) in [5, 5.41) is 6.32. The predicted molar refractivity (Wildman–Crippen MR) is 96.0 cm³/mol. The summed E-state index contributed by atoms with van der Waals surface area (Å²) in [6, 6.07) is 5.68. The number of thiazole rings is 1. The van der Waals surface area contributed by atoms with Crippen LogP contribution in [0, 0.1) is 0 Å². The molecule has 1 aromatic carbocycles. The van der Waals surface area contributed by atoms with E-state index in [2.05, 4.69) is 15.3 Å². The zero-order chi connectivity index (χ0) is 17.2. The fourth-order valence-electron chi connectivity index (χ4n) is 2.60. The molecule has 1 aliphatic rings. The van der Waals surface area contributed by atoms with Gasteiger partial charge in [-0.3, -0.25) is 4.79 Å². The monoisotopic (exact) mass is 377 g/mol. The molecular formula is C17H16ClN3O3S. The van der Waals surface area contributed by atoms with Crippen molar-refractivity contribution in [3.05, 3.63) is 45.5 Å². The number of aromatic amines is 1. The summed E-state index contributed by atoms with van der Waals surface area (Å²) in [5.74, 6) is 0.526.